The standard InChI is InChI=1S/C23H32FN5O3/c1-12(25-4)21(31)28-19(13(2)30)22(32)29-8-7-23(3)20(29)17(11-27-23)16-10-26-18-9-14(24)5-6-15(16)18/h5-6,9-10,12-13,17,19-20,25-27,30H,7-8,11H2,1-4H3,(H,28,31). The van der Waals surface area contributed by atoms with Crippen LogP contribution in [0.15, 0.2) is 24.4 Å². The minimum absolute atomic E-state index is 0.00718. The fourth-order valence-corrected chi connectivity index (χ4v) is 5.22. The van der Waals surface area contributed by atoms with Crippen molar-refractivity contribution in [1.29, 1.82) is 0 Å². The molecule has 1 aromatic heterocycles. The average Bonchev–Trinajstić information content (AvgIpc) is 3.41. The Morgan fingerprint density at radius 1 is 1.34 bits per heavy atom. The van der Waals surface area contributed by atoms with Gasteiger partial charge in [0.05, 0.1) is 18.2 Å². The summed E-state index contributed by atoms with van der Waals surface area (Å²) in [6, 6.07) is 3.02. The van der Waals surface area contributed by atoms with E-state index in [1.165, 1.54) is 19.1 Å². The number of hydrogen-bond acceptors (Lipinski definition) is 5. The molecule has 0 spiro atoms. The first-order valence-corrected chi connectivity index (χ1v) is 11.1. The zero-order valence-corrected chi connectivity index (χ0v) is 18.9. The number of aromatic nitrogens is 1. The van der Waals surface area contributed by atoms with E-state index < -0.39 is 18.2 Å². The highest BCUT2D eigenvalue weighted by atomic mass is 19.1. The molecule has 8 nitrogen and oxygen atoms in total. The summed E-state index contributed by atoms with van der Waals surface area (Å²) in [6.45, 7) is 6.53. The summed E-state index contributed by atoms with van der Waals surface area (Å²) < 4.78 is 13.7. The molecule has 2 aliphatic rings. The third-order valence-electron chi connectivity index (χ3n) is 7.20. The molecule has 0 radical (unpaired) electrons. The quantitative estimate of drug-likeness (QED) is 0.453. The lowest BCUT2D eigenvalue weighted by Crippen LogP contribution is -2.59. The second-order valence-corrected chi connectivity index (χ2v) is 9.30. The highest BCUT2D eigenvalue weighted by Crippen LogP contribution is 2.44. The van der Waals surface area contributed by atoms with Gasteiger partial charge < -0.3 is 30.9 Å². The number of likely N-dealkylation sites (tertiary alicyclic amines) is 1. The number of carbonyl (C=O) groups is 2. The van der Waals surface area contributed by atoms with Crippen molar-refractivity contribution in [1.82, 2.24) is 25.8 Å². The van der Waals surface area contributed by atoms with E-state index in [4.69, 9.17) is 0 Å². The fraction of sp³-hybridized carbons (Fsp3) is 0.565. The van der Waals surface area contributed by atoms with Gasteiger partial charge in [-0.2, -0.15) is 0 Å². The third-order valence-corrected chi connectivity index (χ3v) is 7.20. The van der Waals surface area contributed by atoms with E-state index in [1.54, 1.807) is 24.9 Å². The molecule has 174 valence electrons. The second kappa shape index (κ2) is 8.46. The predicted octanol–water partition coefficient (Wildman–Crippen LogP) is 0.827. The van der Waals surface area contributed by atoms with Crippen molar-refractivity contribution in [2.45, 2.75) is 62.9 Å². The summed E-state index contributed by atoms with van der Waals surface area (Å²) in [5, 5.41) is 20.4. The zero-order valence-electron chi connectivity index (χ0n) is 18.9. The number of likely N-dealkylation sites (N-methyl/N-ethyl adjacent to an activating group) is 1. The van der Waals surface area contributed by atoms with Gasteiger partial charge in [0.1, 0.15) is 11.9 Å². The van der Waals surface area contributed by atoms with Crippen molar-refractivity contribution < 1.29 is 19.1 Å². The van der Waals surface area contributed by atoms with Crippen molar-refractivity contribution in [3.8, 4) is 0 Å². The van der Waals surface area contributed by atoms with Crippen LogP contribution in [0.3, 0.4) is 0 Å². The number of amides is 2. The van der Waals surface area contributed by atoms with Gasteiger partial charge >= 0.3 is 0 Å². The lowest BCUT2D eigenvalue weighted by atomic mass is 9.84. The molecule has 0 aliphatic carbocycles. The van der Waals surface area contributed by atoms with Crippen molar-refractivity contribution in [2.75, 3.05) is 20.1 Å². The molecule has 5 N–H and O–H groups in total. The maximum Gasteiger partial charge on any atom is 0.248 e. The average molecular weight is 446 g/mol. The Morgan fingerprint density at radius 3 is 2.78 bits per heavy atom. The highest BCUT2D eigenvalue weighted by molar-refractivity contribution is 5.91. The minimum Gasteiger partial charge on any atom is -0.391 e. The maximum atomic E-state index is 13.7. The van der Waals surface area contributed by atoms with Gasteiger partial charge in [-0.1, -0.05) is 0 Å². The molecule has 2 fully saturated rings. The van der Waals surface area contributed by atoms with Crippen LogP contribution in [-0.4, -0.2) is 76.7 Å². The Bertz CT molecular complexity index is 1020. The van der Waals surface area contributed by atoms with Crippen LogP contribution in [0.2, 0.25) is 0 Å². The van der Waals surface area contributed by atoms with Crippen molar-refractivity contribution in [3.05, 3.63) is 35.8 Å². The van der Waals surface area contributed by atoms with Gasteiger partial charge in [0.2, 0.25) is 11.8 Å². The van der Waals surface area contributed by atoms with Crippen LogP contribution in [0.5, 0.6) is 0 Å². The molecular weight excluding hydrogens is 413 g/mol. The lowest BCUT2D eigenvalue weighted by molar-refractivity contribution is -0.140. The number of halogens is 1. The van der Waals surface area contributed by atoms with Gasteiger partial charge in [0, 0.05) is 41.6 Å². The number of fused-ring (bicyclic) bond motifs is 2. The summed E-state index contributed by atoms with van der Waals surface area (Å²) >= 11 is 0. The number of nitrogens with zero attached hydrogens (tertiary/aromatic N) is 1. The molecule has 2 amide bonds. The molecule has 9 heteroatoms. The molecule has 0 saturated carbocycles. The highest BCUT2D eigenvalue weighted by Gasteiger charge is 2.55. The molecule has 3 heterocycles. The number of H-pyrrole nitrogens is 1. The first-order chi connectivity index (χ1) is 15.2. The smallest absolute Gasteiger partial charge is 0.248 e. The van der Waals surface area contributed by atoms with Gasteiger partial charge in [0.25, 0.3) is 0 Å². The fourth-order valence-electron chi connectivity index (χ4n) is 5.22. The van der Waals surface area contributed by atoms with Crippen LogP contribution in [0.25, 0.3) is 10.9 Å². The number of hydrogen-bond donors (Lipinski definition) is 5. The molecule has 1 aromatic carbocycles. The first kappa shape index (κ1) is 22.7. The summed E-state index contributed by atoms with van der Waals surface area (Å²) in [5.74, 6) is -0.935. The number of rotatable bonds is 6. The van der Waals surface area contributed by atoms with E-state index in [-0.39, 0.29) is 35.1 Å². The number of nitrogens with one attached hydrogen (secondary N) is 4. The predicted molar refractivity (Wildman–Crippen MR) is 120 cm³/mol. The van der Waals surface area contributed by atoms with E-state index in [9.17, 15) is 19.1 Å². The number of carbonyl (C=O) groups excluding carboxylic acids is 2. The number of aliphatic hydroxyl groups excluding tert-OH is 1. The molecular formula is C23H32FN5O3. The number of benzene rings is 1. The number of aliphatic hydroxyl groups is 1. The molecule has 0 bridgehead atoms. The third kappa shape index (κ3) is 3.78. The Hall–Kier alpha value is -2.49. The van der Waals surface area contributed by atoms with Crippen LogP contribution in [-0.2, 0) is 9.59 Å². The Kier molecular flexibility index (Phi) is 6.00. The summed E-state index contributed by atoms with van der Waals surface area (Å²) in [4.78, 5) is 31.0. The van der Waals surface area contributed by atoms with E-state index >= 15 is 0 Å². The van der Waals surface area contributed by atoms with E-state index in [2.05, 4.69) is 27.9 Å². The largest absolute Gasteiger partial charge is 0.391 e. The number of aromatic amines is 1. The molecule has 6 unspecified atom stereocenters. The van der Waals surface area contributed by atoms with Crippen molar-refractivity contribution >= 4 is 22.7 Å². The van der Waals surface area contributed by atoms with Crippen LogP contribution in [0.4, 0.5) is 4.39 Å². The van der Waals surface area contributed by atoms with Crippen LogP contribution in [0.1, 0.15) is 38.7 Å². The van der Waals surface area contributed by atoms with E-state index in [1.807, 2.05) is 6.20 Å². The van der Waals surface area contributed by atoms with Gasteiger partial charge in [-0.05, 0) is 58.0 Å². The first-order valence-electron chi connectivity index (χ1n) is 11.1. The summed E-state index contributed by atoms with van der Waals surface area (Å²) in [6.07, 6.45) is 1.63. The van der Waals surface area contributed by atoms with E-state index in [0.717, 1.165) is 22.9 Å². The molecule has 4 rings (SSSR count). The maximum absolute atomic E-state index is 13.7. The molecule has 2 aromatic rings. The molecule has 6 atom stereocenters. The lowest BCUT2D eigenvalue weighted by Gasteiger charge is -2.35. The van der Waals surface area contributed by atoms with Crippen LogP contribution >= 0.6 is 0 Å². The Labute approximate surface area is 186 Å². The second-order valence-electron chi connectivity index (χ2n) is 9.30. The Balaban J connectivity index is 1.64. The monoisotopic (exact) mass is 445 g/mol. The van der Waals surface area contributed by atoms with Crippen molar-refractivity contribution in [3.63, 3.8) is 0 Å². The molecule has 32 heavy (non-hydrogen) atoms. The zero-order chi connectivity index (χ0) is 23.2. The molecule has 2 saturated heterocycles. The van der Waals surface area contributed by atoms with Crippen molar-refractivity contribution in [2.24, 2.45) is 0 Å². The normalized spacial score (nSPS) is 27.9. The van der Waals surface area contributed by atoms with Gasteiger partial charge in [-0.3, -0.25) is 9.59 Å². The summed E-state index contributed by atoms with van der Waals surface area (Å²) in [7, 11) is 1.66. The summed E-state index contributed by atoms with van der Waals surface area (Å²) in [5.41, 5.74) is 1.47. The SMILES string of the molecule is CNC(C)C(=O)NC(C(=O)N1CCC2(C)NCC(c3c[nH]c4cc(F)ccc34)C12)C(C)O. The van der Waals surface area contributed by atoms with Gasteiger partial charge in [-0.25, -0.2) is 4.39 Å². The molecule has 2 aliphatic heterocycles. The minimum atomic E-state index is -1.04. The van der Waals surface area contributed by atoms with Gasteiger partial charge in [0.15, 0.2) is 0 Å². The van der Waals surface area contributed by atoms with Crippen LogP contribution < -0.4 is 16.0 Å². The van der Waals surface area contributed by atoms with Gasteiger partial charge in [-0.15, -0.1) is 0 Å². The topological polar surface area (TPSA) is 109 Å². The van der Waals surface area contributed by atoms with Crippen LogP contribution in [0, 0.1) is 5.82 Å². The Morgan fingerprint density at radius 2 is 2.09 bits per heavy atom. The van der Waals surface area contributed by atoms with E-state index in [0.29, 0.717) is 13.1 Å².